The van der Waals surface area contributed by atoms with Gasteiger partial charge in [0.05, 0.1) is 6.04 Å². The molecule has 0 aliphatic heterocycles. The van der Waals surface area contributed by atoms with Gasteiger partial charge in [0.2, 0.25) is 0 Å². The van der Waals surface area contributed by atoms with Gasteiger partial charge in [0, 0.05) is 14.7 Å². The van der Waals surface area contributed by atoms with Crippen molar-refractivity contribution in [3.63, 3.8) is 0 Å². The Morgan fingerprint density at radius 3 is 2.47 bits per heavy atom. The van der Waals surface area contributed by atoms with Crippen molar-refractivity contribution < 1.29 is 0 Å². The number of hydrogen-bond donors (Lipinski definition) is 1. The van der Waals surface area contributed by atoms with E-state index in [4.69, 9.17) is 5.73 Å². The van der Waals surface area contributed by atoms with Crippen LogP contribution in [0.3, 0.4) is 0 Å². The summed E-state index contributed by atoms with van der Waals surface area (Å²) in [6, 6.07) is 10.4. The van der Waals surface area contributed by atoms with Crippen LogP contribution >= 0.6 is 27.3 Å². The van der Waals surface area contributed by atoms with E-state index in [-0.39, 0.29) is 6.04 Å². The van der Waals surface area contributed by atoms with Gasteiger partial charge in [-0.3, -0.25) is 0 Å². The molecule has 0 radical (unpaired) electrons. The van der Waals surface area contributed by atoms with Crippen LogP contribution in [0.15, 0.2) is 40.2 Å². The first-order valence-electron chi connectivity index (χ1n) is 4.73. The van der Waals surface area contributed by atoms with E-state index in [1.165, 1.54) is 10.4 Å². The molecule has 0 fully saturated rings. The fraction of sp³-hybridized carbons (Fsp3) is 0.167. The van der Waals surface area contributed by atoms with E-state index < -0.39 is 0 Å². The van der Waals surface area contributed by atoms with Gasteiger partial charge in [-0.1, -0.05) is 29.8 Å². The van der Waals surface area contributed by atoms with Crippen molar-refractivity contribution in [2.24, 2.45) is 5.73 Å². The van der Waals surface area contributed by atoms with Crippen LogP contribution in [0, 0.1) is 6.92 Å². The van der Waals surface area contributed by atoms with Crippen molar-refractivity contribution in [1.82, 2.24) is 0 Å². The van der Waals surface area contributed by atoms with Crippen LogP contribution in [0.25, 0.3) is 0 Å². The molecule has 2 aromatic rings. The number of rotatable bonds is 2. The Morgan fingerprint density at radius 1 is 1.27 bits per heavy atom. The maximum absolute atomic E-state index is 6.17. The minimum absolute atomic E-state index is 0.0121. The second-order valence-corrected chi connectivity index (χ2v) is 5.41. The largest absolute Gasteiger partial charge is 0.320 e. The van der Waals surface area contributed by atoms with Crippen LogP contribution in [0.1, 0.15) is 22.0 Å². The molecule has 1 nitrogen and oxygen atoms in total. The van der Waals surface area contributed by atoms with E-state index in [0.717, 1.165) is 10.0 Å². The molecular formula is C12H12BrNS. The summed E-state index contributed by atoms with van der Waals surface area (Å²) in [5.74, 6) is 0. The van der Waals surface area contributed by atoms with Crippen LogP contribution < -0.4 is 5.73 Å². The second-order valence-electron chi connectivity index (χ2n) is 3.56. The van der Waals surface area contributed by atoms with Crippen LogP contribution in [-0.4, -0.2) is 0 Å². The van der Waals surface area contributed by atoms with Crippen LogP contribution in [0.4, 0.5) is 0 Å². The summed E-state index contributed by atoms with van der Waals surface area (Å²) < 4.78 is 1.10. The molecule has 15 heavy (non-hydrogen) atoms. The molecule has 0 spiro atoms. The number of aryl methyl sites for hydroxylation is 1. The Bertz CT molecular complexity index is 447. The lowest BCUT2D eigenvalue weighted by molar-refractivity contribution is 0.892. The van der Waals surface area contributed by atoms with E-state index in [9.17, 15) is 0 Å². The van der Waals surface area contributed by atoms with Crippen molar-refractivity contribution in [2.75, 3.05) is 0 Å². The van der Waals surface area contributed by atoms with Gasteiger partial charge in [0.25, 0.3) is 0 Å². The van der Waals surface area contributed by atoms with Crippen LogP contribution in [0.2, 0.25) is 0 Å². The van der Waals surface area contributed by atoms with Gasteiger partial charge in [0.1, 0.15) is 0 Å². The minimum atomic E-state index is -0.0121. The molecule has 0 bridgehead atoms. The third-order valence-corrected chi connectivity index (χ3v) is 4.11. The molecular weight excluding hydrogens is 270 g/mol. The highest BCUT2D eigenvalue weighted by molar-refractivity contribution is 9.10. The lowest BCUT2D eigenvalue weighted by Crippen LogP contribution is -2.09. The lowest BCUT2D eigenvalue weighted by atomic mass is 10.0. The molecule has 1 heterocycles. The van der Waals surface area contributed by atoms with Gasteiger partial charge in [0.15, 0.2) is 0 Å². The van der Waals surface area contributed by atoms with Gasteiger partial charge < -0.3 is 5.73 Å². The van der Waals surface area contributed by atoms with E-state index in [1.807, 2.05) is 0 Å². The first kappa shape index (κ1) is 10.9. The van der Waals surface area contributed by atoms with E-state index in [1.54, 1.807) is 11.3 Å². The van der Waals surface area contributed by atoms with Crippen molar-refractivity contribution in [3.8, 4) is 0 Å². The van der Waals surface area contributed by atoms with E-state index >= 15 is 0 Å². The number of nitrogens with two attached hydrogens (primary N) is 1. The lowest BCUT2D eigenvalue weighted by Gasteiger charge is -2.09. The monoisotopic (exact) mass is 281 g/mol. The molecule has 1 aromatic carbocycles. The normalized spacial score (nSPS) is 12.7. The standard InChI is InChI=1S/C12H12BrNS/c1-8-2-4-9(5-3-8)12(14)11-6-10(13)7-15-11/h2-7,12H,14H2,1H3. The minimum Gasteiger partial charge on any atom is -0.320 e. The Kier molecular flexibility index (Phi) is 3.24. The SMILES string of the molecule is Cc1ccc(C(N)c2cc(Br)cs2)cc1. The summed E-state index contributed by atoms with van der Waals surface area (Å²) in [7, 11) is 0. The summed E-state index contributed by atoms with van der Waals surface area (Å²) in [6.07, 6.45) is 0. The average molecular weight is 282 g/mol. The molecule has 1 aromatic heterocycles. The maximum Gasteiger partial charge on any atom is 0.0646 e. The third kappa shape index (κ3) is 2.48. The molecule has 1 unspecified atom stereocenters. The maximum atomic E-state index is 6.17. The van der Waals surface area contributed by atoms with Gasteiger partial charge in [-0.25, -0.2) is 0 Å². The molecule has 2 rings (SSSR count). The van der Waals surface area contributed by atoms with Crippen LogP contribution in [-0.2, 0) is 0 Å². The number of halogens is 1. The van der Waals surface area contributed by atoms with Gasteiger partial charge >= 0.3 is 0 Å². The van der Waals surface area contributed by atoms with Crippen molar-refractivity contribution in [3.05, 3.63) is 56.2 Å². The van der Waals surface area contributed by atoms with Crippen molar-refractivity contribution in [2.45, 2.75) is 13.0 Å². The Labute approximate surface area is 102 Å². The number of hydrogen-bond acceptors (Lipinski definition) is 2. The third-order valence-electron chi connectivity index (χ3n) is 2.33. The molecule has 0 amide bonds. The Balaban J connectivity index is 2.28. The smallest absolute Gasteiger partial charge is 0.0646 e. The van der Waals surface area contributed by atoms with Crippen molar-refractivity contribution >= 4 is 27.3 Å². The summed E-state index contributed by atoms with van der Waals surface area (Å²) in [4.78, 5) is 1.19. The van der Waals surface area contributed by atoms with Gasteiger partial charge in [-0.15, -0.1) is 11.3 Å². The second kappa shape index (κ2) is 4.47. The molecule has 0 saturated heterocycles. The summed E-state index contributed by atoms with van der Waals surface area (Å²) in [6.45, 7) is 2.08. The predicted octanol–water partition coefficient (Wildman–Crippen LogP) is 3.87. The highest BCUT2D eigenvalue weighted by Crippen LogP contribution is 2.28. The van der Waals surface area contributed by atoms with Crippen molar-refractivity contribution in [1.29, 1.82) is 0 Å². The molecule has 78 valence electrons. The fourth-order valence-corrected chi connectivity index (χ4v) is 2.90. The predicted molar refractivity (Wildman–Crippen MR) is 69.2 cm³/mol. The molecule has 3 heteroatoms. The first-order valence-corrected chi connectivity index (χ1v) is 6.40. The topological polar surface area (TPSA) is 26.0 Å². The van der Waals surface area contributed by atoms with Gasteiger partial charge in [-0.2, -0.15) is 0 Å². The number of thiophene rings is 1. The number of benzene rings is 1. The van der Waals surface area contributed by atoms with E-state index in [2.05, 4.69) is 58.6 Å². The zero-order valence-corrected chi connectivity index (χ0v) is 10.8. The van der Waals surface area contributed by atoms with Crippen LogP contribution in [0.5, 0.6) is 0 Å². The zero-order valence-electron chi connectivity index (χ0n) is 8.41. The molecule has 2 N–H and O–H groups in total. The molecule has 0 saturated carbocycles. The summed E-state index contributed by atoms with van der Waals surface area (Å²) in [5.41, 5.74) is 8.59. The first-order chi connectivity index (χ1) is 7.16. The highest BCUT2D eigenvalue weighted by atomic mass is 79.9. The van der Waals surface area contributed by atoms with E-state index in [0.29, 0.717) is 0 Å². The molecule has 0 aliphatic rings. The summed E-state index contributed by atoms with van der Waals surface area (Å²) in [5, 5.41) is 2.06. The summed E-state index contributed by atoms with van der Waals surface area (Å²) >= 11 is 5.12. The zero-order chi connectivity index (χ0) is 10.8. The molecule has 0 aliphatic carbocycles. The highest BCUT2D eigenvalue weighted by Gasteiger charge is 2.10. The molecule has 1 atom stereocenters. The fourth-order valence-electron chi connectivity index (χ4n) is 1.43. The van der Waals surface area contributed by atoms with Gasteiger partial charge in [-0.05, 0) is 34.5 Å². The Morgan fingerprint density at radius 2 is 1.93 bits per heavy atom. The Hall–Kier alpha value is -0.640. The quantitative estimate of drug-likeness (QED) is 0.889. The average Bonchev–Trinajstić information content (AvgIpc) is 2.65.